The summed E-state index contributed by atoms with van der Waals surface area (Å²) >= 11 is 0. The zero-order valence-corrected chi connectivity index (χ0v) is 16.0. The predicted octanol–water partition coefficient (Wildman–Crippen LogP) is 2.47. The SMILES string of the molecule is CC(NC(=O)c1cc(Cn2cnc3ccccc32)[nH]n1)c1nncn1C(C)C. The number of fused-ring (bicyclic) bond motifs is 1. The fourth-order valence-corrected chi connectivity index (χ4v) is 3.17. The van der Waals surface area contributed by atoms with Crippen molar-refractivity contribution in [2.45, 2.75) is 39.4 Å². The minimum absolute atomic E-state index is 0.214. The first-order valence-corrected chi connectivity index (χ1v) is 9.17. The number of hydrogen-bond donors (Lipinski definition) is 2. The van der Waals surface area contributed by atoms with E-state index in [1.54, 1.807) is 18.7 Å². The molecule has 0 aliphatic heterocycles. The summed E-state index contributed by atoms with van der Waals surface area (Å²) in [6, 6.07) is 9.60. The first-order chi connectivity index (χ1) is 13.5. The van der Waals surface area contributed by atoms with Gasteiger partial charge in [-0.2, -0.15) is 5.10 Å². The van der Waals surface area contributed by atoms with Crippen LogP contribution in [0.1, 0.15) is 54.9 Å². The lowest BCUT2D eigenvalue weighted by molar-refractivity contribution is 0.0932. The van der Waals surface area contributed by atoms with Crippen LogP contribution < -0.4 is 5.32 Å². The average molecular weight is 378 g/mol. The van der Waals surface area contributed by atoms with Crippen molar-refractivity contribution in [3.8, 4) is 0 Å². The molecular weight excluding hydrogens is 356 g/mol. The third-order valence-electron chi connectivity index (χ3n) is 4.62. The van der Waals surface area contributed by atoms with Crippen LogP contribution in [-0.4, -0.2) is 40.4 Å². The molecule has 0 spiro atoms. The van der Waals surface area contributed by atoms with Crippen molar-refractivity contribution >= 4 is 16.9 Å². The van der Waals surface area contributed by atoms with Gasteiger partial charge in [-0.25, -0.2) is 4.98 Å². The summed E-state index contributed by atoms with van der Waals surface area (Å²) in [7, 11) is 0. The van der Waals surface area contributed by atoms with Gasteiger partial charge in [-0.15, -0.1) is 10.2 Å². The Labute approximate surface area is 161 Å². The van der Waals surface area contributed by atoms with Gasteiger partial charge < -0.3 is 14.5 Å². The maximum absolute atomic E-state index is 12.6. The molecule has 3 aromatic heterocycles. The normalized spacial score (nSPS) is 12.6. The highest BCUT2D eigenvalue weighted by Gasteiger charge is 2.19. The van der Waals surface area contributed by atoms with Gasteiger partial charge in [0.05, 0.1) is 35.6 Å². The molecule has 1 unspecified atom stereocenters. The van der Waals surface area contributed by atoms with Crippen LogP contribution in [0.15, 0.2) is 43.0 Å². The predicted molar refractivity (Wildman–Crippen MR) is 104 cm³/mol. The number of rotatable bonds is 6. The van der Waals surface area contributed by atoms with E-state index in [-0.39, 0.29) is 18.0 Å². The van der Waals surface area contributed by atoms with Crippen LogP contribution >= 0.6 is 0 Å². The average Bonchev–Trinajstić information content (AvgIpc) is 3.42. The number of aromatic nitrogens is 7. The Morgan fingerprint density at radius 2 is 2.04 bits per heavy atom. The van der Waals surface area contributed by atoms with Crippen molar-refractivity contribution in [2.24, 2.45) is 0 Å². The zero-order chi connectivity index (χ0) is 19.7. The minimum atomic E-state index is -0.282. The van der Waals surface area contributed by atoms with Gasteiger partial charge in [0.15, 0.2) is 5.82 Å². The number of H-pyrrole nitrogens is 1. The zero-order valence-electron chi connectivity index (χ0n) is 16.0. The van der Waals surface area contributed by atoms with Crippen LogP contribution in [0.2, 0.25) is 0 Å². The van der Waals surface area contributed by atoms with Gasteiger partial charge in [-0.05, 0) is 39.0 Å². The van der Waals surface area contributed by atoms with Crippen molar-refractivity contribution in [1.29, 1.82) is 0 Å². The molecule has 9 nitrogen and oxygen atoms in total. The molecule has 28 heavy (non-hydrogen) atoms. The van der Waals surface area contributed by atoms with Crippen LogP contribution in [0.25, 0.3) is 11.0 Å². The molecule has 144 valence electrons. The maximum atomic E-state index is 12.6. The molecule has 4 rings (SSSR count). The van der Waals surface area contributed by atoms with Gasteiger partial charge in [-0.3, -0.25) is 9.89 Å². The van der Waals surface area contributed by atoms with Crippen LogP contribution in [0.5, 0.6) is 0 Å². The van der Waals surface area contributed by atoms with Crippen molar-refractivity contribution in [3.05, 3.63) is 60.2 Å². The number of hydrogen-bond acceptors (Lipinski definition) is 5. The number of para-hydroxylation sites is 2. The lowest BCUT2D eigenvalue weighted by Crippen LogP contribution is -2.29. The van der Waals surface area contributed by atoms with Gasteiger partial charge in [-0.1, -0.05) is 12.1 Å². The quantitative estimate of drug-likeness (QED) is 0.536. The topological polar surface area (TPSA) is 106 Å². The monoisotopic (exact) mass is 378 g/mol. The summed E-state index contributed by atoms with van der Waals surface area (Å²) < 4.78 is 3.95. The van der Waals surface area contributed by atoms with E-state index in [0.717, 1.165) is 16.7 Å². The van der Waals surface area contributed by atoms with Crippen LogP contribution in [0.3, 0.4) is 0 Å². The van der Waals surface area contributed by atoms with E-state index in [9.17, 15) is 4.79 Å². The molecule has 0 radical (unpaired) electrons. The molecule has 0 aliphatic rings. The van der Waals surface area contributed by atoms with Gasteiger partial charge in [0.2, 0.25) is 0 Å². The Morgan fingerprint density at radius 3 is 2.86 bits per heavy atom. The first kappa shape index (κ1) is 17.9. The van der Waals surface area contributed by atoms with Crippen LogP contribution in [0.4, 0.5) is 0 Å². The largest absolute Gasteiger partial charge is 0.341 e. The smallest absolute Gasteiger partial charge is 0.272 e. The van der Waals surface area contributed by atoms with Crippen LogP contribution in [0, 0.1) is 0 Å². The van der Waals surface area contributed by atoms with E-state index in [1.165, 1.54) is 0 Å². The molecule has 0 saturated heterocycles. The third kappa shape index (κ3) is 3.38. The number of nitrogens with one attached hydrogen (secondary N) is 2. The Hall–Kier alpha value is -3.49. The van der Waals surface area contributed by atoms with Crippen molar-refractivity contribution < 1.29 is 4.79 Å². The van der Waals surface area contributed by atoms with E-state index in [4.69, 9.17) is 0 Å². The molecular formula is C19H22N8O. The number of amides is 1. The Morgan fingerprint density at radius 1 is 1.21 bits per heavy atom. The molecule has 2 N–H and O–H groups in total. The summed E-state index contributed by atoms with van der Waals surface area (Å²) in [5.74, 6) is 0.452. The Balaban J connectivity index is 1.46. The second-order valence-corrected chi connectivity index (χ2v) is 7.02. The van der Waals surface area contributed by atoms with E-state index >= 15 is 0 Å². The molecule has 1 amide bonds. The molecule has 4 aromatic rings. The molecule has 1 aromatic carbocycles. The fourth-order valence-electron chi connectivity index (χ4n) is 3.17. The number of carbonyl (C=O) groups is 1. The Kier molecular flexibility index (Phi) is 4.64. The van der Waals surface area contributed by atoms with Gasteiger partial charge in [0, 0.05) is 6.04 Å². The molecule has 0 bridgehead atoms. The highest BCUT2D eigenvalue weighted by molar-refractivity contribution is 5.92. The summed E-state index contributed by atoms with van der Waals surface area (Å²) in [4.78, 5) is 17.0. The molecule has 0 aliphatic carbocycles. The number of nitrogens with zero attached hydrogens (tertiary/aromatic N) is 6. The van der Waals surface area contributed by atoms with Crippen molar-refractivity contribution in [3.63, 3.8) is 0 Å². The lowest BCUT2D eigenvalue weighted by atomic mass is 10.2. The number of carbonyl (C=O) groups excluding carboxylic acids is 1. The lowest BCUT2D eigenvalue weighted by Gasteiger charge is -2.16. The van der Waals surface area contributed by atoms with Crippen molar-refractivity contribution in [2.75, 3.05) is 0 Å². The molecule has 0 saturated carbocycles. The van der Waals surface area contributed by atoms with Crippen LogP contribution in [-0.2, 0) is 6.54 Å². The Bertz CT molecular complexity index is 1110. The summed E-state index contributed by atoms with van der Waals surface area (Å²) in [6.45, 7) is 6.52. The highest BCUT2D eigenvalue weighted by atomic mass is 16.2. The van der Waals surface area contributed by atoms with Gasteiger partial charge in [0.25, 0.3) is 5.91 Å². The number of aromatic amines is 1. The number of imidazole rings is 1. The number of benzene rings is 1. The second kappa shape index (κ2) is 7.26. The minimum Gasteiger partial charge on any atom is -0.341 e. The standard InChI is InChI=1S/C19H22N8O/c1-12(2)27-11-21-25-18(27)13(3)22-19(28)16-8-14(23-24-16)9-26-10-20-15-6-4-5-7-17(15)26/h4-8,10-13H,9H2,1-3H3,(H,22,28)(H,23,24). The first-order valence-electron chi connectivity index (χ1n) is 9.17. The summed E-state index contributed by atoms with van der Waals surface area (Å²) in [5, 5.41) is 18.1. The highest BCUT2D eigenvalue weighted by Crippen LogP contribution is 2.16. The van der Waals surface area contributed by atoms with Gasteiger partial charge in [0.1, 0.15) is 12.0 Å². The van der Waals surface area contributed by atoms with Gasteiger partial charge >= 0.3 is 0 Å². The van der Waals surface area contributed by atoms with Crippen molar-refractivity contribution in [1.82, 2.24) is 39.8 Å². The molecule has 1 atom stereocenters. The molecule has 0 fully saturated rings. The summed E-state index contributed by atoms with van der Waals surface area (Å²) in [6.07, 6.45) is 3.46. The van der Waals surface area contributed by atoms with E-state index in [0.29, 0.717) is 18.1 Å². The molecule has 9 heteroatoms. The fraction of sp³-hybridized carbons (Fsp3) is 0.316. The third-order valence-corrected chi connectivity index (χ3v) is 4.62. The van der Waals surface area contributed by atoms with E-state index in [2.05, 4.69) is 30.7 Å². The molecule has 3 heterocycles. The van der Waals surface area contributed by atoms with E-state index < -0.39 is 0 Å². The summed E-state index contributed by atoms with van der Waals surface area (Å²) in [5.41, 5.74) is 3.13. The second-order valence-electron chi connectivity index (χ2n) is 7.02. The van der Waals surface area contributed by atoms with E-state index in [1.807, 2.05) is 54.2 Å². The maximum Gasteiger partial charge on any atom is 0.272 e.